The Hall–Kier alpha value is -2.61. The van der Waals surface area contributed by atoms with Crippen molar-refractivity contribution in [3.05, 3.63) is 78.4 Å². The van der Waals surface area contributed by atoms with Gasteiger partial charge in [0.05, 0.1) is 0 Å². The van der Waals surface area contributed by atoms with Crippen molar-refractivity contribution in [2.75, 3.05) is 0 Å². The third-order valence-corrected chi connectivity index (χ3v) is 2.52. The average Bonchev–Trinajstić information content (AvgIpc) is 2.46. The van der Waals surface area contributed by atoms with Gasteiger partial charge < -0.3 is 4.74 Å². The minimum Gasteiger partial charge on any atom is -0.423 e. The van der Waals surface area contributed by atoms with E-state index in [1.54, 1.807) is 24.3 Å². The van der Waals surface area contributed by atoms with E-state index in [0.29, 0.717) is 5.75 Å². The number of carbonyl (C=O) groups is 1. The van der Waals surface area contributed by atoms with E-state index >= 15 is 0 Å². The molecule has 0 unspecified atom stereocenters. The molecule has 2 aromatic rings. The molecule has 0 amide bonds. The highest BCUT2D eigenvalue weighted by Gasteiger charge is 2.00. The third kappa shape index (κ3) is 3.96. The first-order valence-electron chi connectivity index (χ1n) is 5.95. The molecule has 0 aliphatic carbocycles. The molecule has 0 radical (unpaired) electrons. The fraction of sp³-hybridized carbons (Fsp3) is 0. The van der Waals surface area contributed by atoms with Crippen LogP contribution in [0.15, 0.2) is 67.3 Å². The molecule has 0 N–H and O–H groups in total. The monoisotopic (exact) mass is 250 g/mol. The van der Waals surface area contributed by atoms with E-state index < -0.39 is 5.97 Å². The molecule has 0 aromatic heterocycles. The fourth-order valence-corrected chi connectivity index (χ4v) is 1.58. The predicted molar refractivity (Wildman–Crippen MR) is 77.6 cm³/mol. The first kappa shape index (κ1) is 12.8. The molecule has 0 bridgehead atoms. The second kappa shape index (κ2) is 6.36. The Morgan fingerprint density at radius 1 is 1.00 bits per heavy atom. The average molecular weight is 250 g/mol. The SMILES string of the molecule is C=Cc1cccc(OC(=O)/C=C/c2ccccc2)c1. The summed E-state index contributed by atoms with van der Waals surface area (Å²) in [5.41, 5.74) is 1.87. The summed E-state index contributed by atoms with van der Waals surface area (Å²) in [4.78, 5) is 11.7. The number of hydrogen-bond donors (Lipinski definition) is 0. The van der Waals surface area contributed by atoms with Gasteiger partial charge >= 0.3 is 5.97 Å². The van der Waals surface area contributed by atoms with Crippen LogP contribution in [-0.4, -0.2) is 5.97 Å². The molecule has 0 saturated heterocycles. The Morgan fingerprint density at radius 2 is 1.74 bits per heavy atom. The summed E-state index contributed by atoms with van der Waals surface area (Å²) in [6, 6.07) is 16.8. The Balaban J connectivity index is 2.01. The van der Waals surface area contributed by atoms with E-state index in [-0.39, 0.29) is 0 Å². The normalized spacial score (nSPS) is 10.3. The van der Waals surface area contributed by atoms with Gasteiger partial charge in [0.2, 0.25) is 0 Å². The predicted octanol–water partition coefficient (Wildman–Crippen LogP) is 3.95. The van der Waals surface area contributed by atoms with Gasteiger partial charge in [-0.15, -0.1) is 0 Å². The van der Waals surface area contributed by atoms with Gasteiger partial charge in [-0.05, 0) is 29.3 Å². The van der Waals surface area contributed by atoms with Crippen LogP contribution in [0, 0.1) is 0 Å². The van der Waals surface area contributed by atoms with Crippen LogP contribution in [0.25, 0.3) is 12.2 Å². The maximum Gasteiger partial charge on any atom is 0.336 e. The minimum atomic E-state index is -0.398. The van der Waals surface area contributed by atoms with Crippen molar-refractivity contribution in [2.24, 2.45) is 0 Å². The zero-order valence-corrected chi connectivity index (χ0v) is 10.5. The number of esters is 1. The van der Waals surface area contributed by atoms with Gasteiger partial charge in [0, 0.05) is 6.08 Å². The zero-order valence-electron chi connectivity index (χ0n) is 10.5. The number of carbonyl (C=O) groups excluding carboxylic acids is 1. The van der Waals surface area contributed by atoms with Crippen molar-refractivity contribution in [3.8, 4) is 5.75 Å². The van der Waals surface area contributed by atoms with Gasteiger partial charge in [0.25, 0.3) is 0 Å². The summed E-state index contributed by atoms with van der Waals surface area (Å²) in [5, 5.41) is 0. The molecule has 2 rings (SSSR count). The van der Waals surface area contributed by atoms with E-state index in [9.17, 15) is 4.79 Å². The molecule has 0 atom stereocenters. The lowest BCUT2D eigenvalue weighted by Gasteiger charge is -2.02. The Bertz CT molecular complexity index is 598. The van der Waals surface area contributed by atoms with Gasteiger partial charge in [0.1, 0.15) is 5.75 Å². The first-order chi connectivity index (χ1) is 9.28. The standard InChI is InChI=1S/C17H14O2/c1-2-14-9-6-10-16(13-14)19-17(18)12-11-15-7-4-3-5-8-15/h2-13H,1H2/b12-11+. The van der Waals surface area contributed by atoms with Crippen LogP contribution >= 0.6 is 0 Å². The number of rotatable bonds is 4. The molecule has 0 spiro atoms. The van der Waals surface area contributed by atoms with Crippen LogP contribution in [-0.2, 0) is 4.79 Å². The first-order valence-corrected chi connectivity index (χ1v) is 5.95. The van der Waals surface area contributed by atoms with Crippen LogP contribution in [0.3, 0.4) is 0 Å². The highest BCUT2D eigenvalue weighted by Crippen LogP contribution is 2.14. The second-order valence-corrected chi connectivity index (χ2v) is 3.94. The zero-order chi connectivity index (χ0) is 13.5. The van der Waals surface area contributed by atoms with Crippen molar-refractivity contribution in [1.82, 2.24) is 0 Å². The Morgan fingerprint density at radius 3 is 2.47 bits per heavy atom. The highest BCUT2D eigenvalue weighted by molar-refractivity contribution is 5.88. The molecule has 0 fully saturated rings. The van der Waals surface area contributed by atoms with Crippen LogP contribution in [0.5, 0.6) is 5.75 Å². The quantitative estimate of drug-likeness (QED) is 0.466. The fourth-order valence-electron chi connectivity index (χ4n) is 1.58. The van der Waals surface area contributed by atoms with Gasteiger partial charge in [-0.3, -0.25) is 0 Å². The lowest BCUT2D eigenvalue weighted by Crippen LogP contribution is -2.03. The molecule has 19 heavy (non-hydrogen) atoms. The Labute approximate surface area is 112 Å². The molecule has 94 valence electrons. The largest absolute Gasteiger partial charge is 0.423 e. The summed E-state index contributed by atoms with van der Waals surface area (Å²) in [6.07, 6.45) is 4.84. The van der Waals surface area contributed by atoms with Crippen LogP contribution < -0.4 is 4.74 Å². The van der Waals surface area contributed by atoms with Gasteiger partial charge in [-0.2, -0.15) is 0 Å². The summed E-state index contributed by atoms with van der Waals surface area (Å²) in [7, 11) is 0. The smallest absolute Gasteiger partial charge is 0.336 e. The van der Waals surface area contributed by atoms with Crippen molar-refractivity contribution < 1.29 is 9.53 Å². The molecular weight excluding hydrogens is 236 g/mol. The van der Waals surface area contributed by atoms with E-state index in [0.717, 1.165) is 11.1 Å². The molecule has 0 heterocycles. The topological polar surface area (TPSA) is 26.3 Å². The number of hydrogen-bond acceptors (Lipinski definition) is 2. The molecule has 2 nitrogen and oxygen atoms in total. The lowest BCUT2D eigenvalue weighted by molar-refractivity contribution is -0.128. The van der Waals surface area contributed by atoms with E-state index in [4.69, 9.17) is 4.74 Å². The third-order valence-electron chi connectivity index (χ3n) is 2.52. The maximum atomic E-state index is 11.7. The molecular formula is C17H14O2. The minimum absolute atomic E-state index is 0.398. The van der Waals surface area contributed by atoms with Crippen molar-refractivity contribution in [2.45, 2.75) is 0 Å². The molecule has 0 aliphatic heterocycles. The van der Waals surface area contributed by atoms with Crippen molar-refractivity contribution >= 4 is 18.1 Å². The lowest BCUT2D eigenvalue weighted by atomic mass is 10.2. The van der Waals surface area contributed by atoms with Crippen LogP contribution in [0.1, 0.15) is 11.1 Å². The molecule has 0 aliphatic rings. The van der Waals surface area contributed by atoms with E-state index in [2.05, 4.69) is 6.58 Å². The van der Waals surface area contributed by atoms with Gasteiger partial charge in [-0.25, -0.2) is 4.79 Å². The number of benzene rings is 2. The second-order valence-electron chi connectivity index (χ2n) is 3.94. The van der Waals surface area contributed by atoms with Crippen LogP contribution in [0.4, 0.5) is 0 Å². The Kier molecular flexibility index (Phi) is 4.29. The van der Waals surface area contributed by atoms with Gasteiger partial charge in [0.15, 0.2) is 0 Å². The summed E-state index contributed by atoms with van der Waals surface area (Å²) in [6.45, 7) is 3.67. The van der Waals surface area contributed by atoms with Crippen molar-refractivity contribution in [3.63, 3.8) is 0 Å². The van der Waals surface area contributed by atoms with Crippen LogP contribution in [0.2, 0.25) is 0 Å². The van der Waals surface area contributed by atoms with E-state index in [1.165, 1.54) is 6.08 Å². The van der Waals surface area contributed by atoms with E-state index in [1.807, 2.05) is 42.5 Å². The summed E-state index contributed by atoms with van der Waals surface area (Å²) >= 11 is 0. The summed E-state index contributed by atoms with van der Waals surface area (Å²) in [5.74, 6) is 0.116. The molecule has 0 saturated carbocycles. The summed E-state index contributed by atoms with van der Waals surface area (Å²) < 4.78 is 5.21. The molecule has 2 heteroatoms. The van der Waals surface area contributed by atoms with Gasteiger partial charge in [-0.1, -0.05) is 55.1 Å². The number of ether oxygens (including phenoxy) is 1. The highest BCUT2D eigenvalue weighted by atomic mass is 16.5. The molecule has 2 aromatic carbocycles. The van der Waals surface area contributed by atoms with Crippen molar-refractivity contribution in [1.29, 1.82) is 0 Å². The maximum absolute atomic E-state index is 11.7.